The van der Waals surface area contributed by atoms with Crippen molar-refractivity contribution in [1.82, 2.24) is 0 Å². The summed E-state index contributed by atoms with van der Waals surface area (Å²) in [6.45, 7) is 3.33. The Bertz CT molecular complexity index is 674. The molecule has 0 saturated carbocycles. The van der Waals surface area contributed by atoms with Gasteiger partial charge in [-0.1, -0.05) is 0 Å². The predicted molar refractivity (Wildman–Crippen MR) is 86.9 cm³/mol. The first-order chi connectivity index (χ1) is 10.9. The SMILES string of the molecule is CCOC(=O)c1c(NC(=O)/C=C(/C)C(=O)O)sc2c1CCCC2. The maximum atomic E-state index is 12.2. The molecule has 1 heterocycles. The molecule has 0 saturated heterocycles. The number of anilines is 1. The molecule has 0 radical (unpaired) electrons. The van der Waals surface area contributed by atoms with Crippen LogP contribution in [0.3, 0.4) is 0 Å². The van der Waals surface area contributed by atoms with Gasteiger partial charge in [0.05, 0.1) is 12.2 Å². The molecule has 7 heteroatoms. The Morgan fingerprint density at radius 1 is 1.30 bits per heavy atom. The highest BCUT2D eigenvalue weighted by Crippen LogP contribution is 2.38. The summed E-state index contributed by atoms with van der Waals surface area (Å²) < 4.78 is 5.10. The minimum absolute atomic E-state index is 0.0681. The topological polar surface area (TPSA) is 92.7 Å². The van der Waals surface area contributed by atoms with Gasteiger partial charge in [-0.25, -0.2) is 9.59 Å². The number of nitrogens with one attached hydrogen (secondary N) is 1. The maximum absolute atomic E-state index is 12.2. The number of ether oxygens (including phenoxy) is 1. The highest BCUT2D eigenvalue weighted by Gasteiger charge is 2.27. The molecule has 2 N–H and O–H groups in total. The first-order valence-corrected chi connectivity index (χ1v) is 8.30. The van der Waals surface area contributed by atoms with Crippen LogP contribution in [0.2, 0.25) is 0 Å². The van der Waals surface area contributed by atoms with Gasteiger partial charge >= 0.3 is 11.9 Å². The second kappa shape index (κ2) is 7.41. The van der Waals surface area contributed by atoms with Gasteiger partial charge in [0.1, 0.15) is 5.00 Å². The van der Waals surface area contributed by atoms with Gasteiger partial charge in [0.2, 0.25) is 5.91 Å². The fourth-order valence-corrected chi connectivity index (χ4v) is 3.76. The molecule has 1 aromatic heterocycles. The normalized spacial score (nSPS) is 14.1. The number of carboxylic acid groups (broad SMARTS) is 1. The van der Waals surface area contributed by atoms with Gasteiger partial charge in [-0.15, -0.1) is 11.3 Å². The van der Waals surface area contributed by atoms with Crippen LogP contribution < -0.4 is 5.32 Å². The second-order valence-corrected chi connectivity index (χ2v) is 6.36. The van der Waals surface area contributed by atoms with Crippen molar-refractivity contribution in [2.24, 2.45) is 0 Å². The van der Waals surface area contributed by atoms with Crippen LogP contribution in [0.4, 0.5) is 5.00 Å². The minimum Gasteiger partial charge on any atom is -0.478 e. The Labute approximate surface area is 138 Å². The summed E-state index contributed by atoms with van der Waals surface area (Å²) in [6, 6.07) is 0. The lowest BCUT2D eigenvalue weighted by Crippen LogP contribution is -2.15. The third-order valence-electron chi connectivity index (χ3n) is 3.57. The van der Waals surface area contributed by atoms with Crippen molar-refractivity contribution in [1.29, 1.82) is 0 Å². The molecule has 1 amide bonds. The fraction of sp³-hybridized carbons (Fsp3) is 0.438. The van der Waals surface area contributed by atoms with E-state index in [9.17, 15) is 14.4 Å². The predicted octanol–water partition coefficient (Wildman–Crippen LogP) is 2.77. The van der Waals surface area contributed by atoms with Crippen molar-refractivity contribution in [3.05, 3.63) is 27.7 Å². The number of carbonyl (C=O) groups excluding carboxylic acids is 2. The van der Waals surface area contributed by atoms with E-state index in [1.807, 2.05) is 0 Å². The highest BCUT2D eigenvalue weighted by atomic mass is 32.1. The molecule has 1 aromatic rings. The van der Waals surface area contributed by atoms with Gasteiger partial charge in [-0.05, 0) is 45.1 Å². The average Bonchev–Trinajstić information content (AvgIpc) is 2.84. The van der Waals surface area contributed by atoms with Gasteiger partial charge in [0.25, 0.3) is 0 Å². The van der Waals surface area contributed by atoms with E-state index in [-0.39, 0.29) is 12.2 Å². The van der Waals surface area contributed by atoms with Gasteiger partial charge in [0.15, 0.2) is 0 Å². The Morgan fingerprint density at radius 2 is 2.00 bits per heavy atom. The largest absolute Gasteiger partial charge is 0.478 e. The average molecular weight is 337 g/mol. The summed E-state index contributed by atoms with van der Waals surface area (Å²) in [5.41, 5.74) is 1.30. The Hall–Kier alpha value is -2.15. The molecular formula is C16H19NO5S. The third-order valence-corrected chi connectivity index (χ3v) is 4.78. The third kappa shape index (κ3) is 3.98. The zero-order valence-corrected chi connectivity index (χ0v) is 13.9. The molecule has 23 heavy (non-hydrogen) atoms. The van der Waals surface area contributed by atoms with E-state index in [0.717, 1.165) is 42.2 Å². The van der Waals surface area contributed by atoms with E-state index < -0.39 is 17.8 Å². The van der Waals surface area contributed by atoms with Crippen molar-refractivity contribution in [3.8, 4) is 0 Å². The fourth-order valence-electron chi connectivity index (χ4n) is 2.48. The van der Waals surface area contributed by atoms with Crippen LogP contribution in [0.25, 0.3) is 0 Å². The molecule has 0 spiro atoms. The Balaban J connectivity index is 2.32. The Kier molecular flexibility index (Phi) is 5.54. The van der Waals surface area contributed by atoms with E-state index in [4.69, 9.17) is 9.84 Å². The number of hydrogen-bond acceptors (Lipinski definition) is 5. The van der Waals surface area contributed by atoms with Crippen LogP contribution >= 0.6 is 11.3 Å². The monoisotopic (exact) mass is 337 g/mol. The zero-order chi connectivity index (χ0) is 17.0. The standard InChI is InChI=1S/C16H19NO5S/c1-3-22-16(21)13-10-6-4-5-7-11(10)23-14(13)17-12(18)8-9(2)15(19)20/h8H,3-7H2,1-2H3,(H,17,18)(H,19,20)/b9-8-. The van der Waals surface area contributed by atoms with Crippen LogP contribution in [0.15, 0.2) is 11.6 Å². The number of fused-ring (bicyclic) bond motifs is 1. The number of thiophene rings is 1. The Morgan fingerprint density at radius 3 is 2.65 bits per heavy atom. The van der Waals surface area contributed by atoms with Gasteiger partial charge < -0.3 is 15.2 Å². The number of rotatable bonds is 5. The lowest BCUT2D eigenvalue weighted by atomic mass is 9.95. The number of hydrogen-bond donors (Lipinski definition) is 2. The van der Waals surface area contributed by atoms with E-state index in [2.05, 4.69) is 5.32 Å². The molecule has 0 atom stereocenters. The summed E-state index contributed by atoms with van der Waals surface area (Å²) >= 11 is 1.37. The lowest BCUT2D eigenvalue weighted by Gasteiger charge is -2.12. The van der Waals surface area contributed by atoms with Crippen molar-refractivity contribution in [2.45, 2.75) is 39.5 Å². The summed E-state index contributed by atoms with van der Waals surface area (Å²) in [7, 11) is 0. The molecule has 0 aromatic carbocycles. The van der Waals surface area contributed by atoms with E-state index in [1.165, 1.54) is 18.3 Å². The first kappa shape index (κ1) is 17.2. The molecule has 1 aliphatic rings. The molecule has 0 unspecified atom stereocenters. The molecule has 2 rings (SSSR count). The van der Waals surface area contributed by atoms with Crippen LogP contribution in [-0.4, -0.2) is 29.6 Å². The molecule has 0 fully saturated rings. The number of carbonyl (C=O) groups is 3. The van der Waals surface area contributed by atoms with E-state index in [0.29, 0.717) is 10.6 Å². The molecule has 0 aliphatic heterocycles. The van der Waals surface area contributed by atoms with Gasteiger partial charge in [0, 0.05) is 16.5 Å². The number of esters is 1. The van der Waals surface area contributed by atoms with Crippen LogP contribution in [0.1, 0.15) is 47.5 Å². The molecule has 124 valence electrons. The van der Waals surface area contributed by atoms with Gasteiger partial charge in [-0.2, -0.15) is 0 Å². The lowest BCUT2D eigenvalue weighted by molar-refractivity contribution is -0.132. The van der Waals surface area contributed by atoms with Crippen LogP contribution in [0.5, 0.6) is 0 Å². The minimum atomic E-state index is -1.16. The smallest absolute Gasteiger partial charge is 0.341 e. The van der Waals surface area contributed by atoms with Gasteiger partial charge in [-0.3, -0.25) is 4.79 Å². The van der Waals surface area contributed by atoms with E-state index >= 15 is 0 Å². The number of aliphatic carboxylic acids is 1. The summed E-state index contributed by atoms with van der Waals surface area (Å²) in [5.74, 6) is -2.16. The summed E-state index contributed by atoms with van der Waals surface area (Å²) in [6.07, 6.45) is 4.74. The van der Waals surface area contributed by atoms with E-state index in [1.54, 1.807) is 6.92 Å². The number of amides is 1. The highest BCUT2D eigenvalue weighted by molar-refractivity contribution is 7.17. The summed E-state index contributed by atoms with van der Waals surface area (Å²) in [5, 5.41) is 11.9. The summed E-state index contributed by atoms with van der Waals surface area (Å²) in [4.78, 5) is 36.1. The zero-order valence-electron chi connectivity index (χ0n) is 13.1. The molecule has 0 bridgehead atoms. The van der Waals surface area contributed by atoms with Crippen LogP contribution in [-0.2, 0) is 27.2 Å². The van der Waals surface area contributed by atoms with Crippen molar-refractivity contribution in [3.63, 3.8) is 0 Å². The maximum Gasteiger partial charge on any atom is 0.341 e. The van der Waals surface area contributed by atoms with Crippen molar-refractivity contribution in [2.75, 3.05) is 11.9 Å². The number of carboxylic acids is 1. The van der Waals surface area contributed by atoms with Crippen LogP contribution in [0, 0.1) is 0 Å². The molecule has 1 aliphatic carbocycles. The molecule has 6 nitrogen and oxygen atoms in total. The molecular weight excluding hydrogens is 318 g/mol. The second-order valence-electron chi connectivity index (χ2n) is 5.26. The van der Waals surface area contributed by atoms with Crippen molar-refractivity contribution < 1.29 is 24.2 Å². The quantitative estimate of drug-likeness (QED) is 0.636. The van der Waals surface area contributed by atoms with Crippen molar-refractivity contribution >= 4 is 34.2 Å². The number of aryl methyl sites for hydroxylation is 1. The first-order valence-electron chi connectivity index (χ1n) is 7.48.